The van der Waals surface area contributed by atoms with Gasteiger partial charge < -0.3 is 5.32 Å². The van der Waals surface area contributed by atoms with Crippen molar-refractivity contribution in [3.05, 3.63) is 36.0 Å². The molecule has 1 aromatic carbocycles. The van der Waals surface area contributed by atoms with Crippen LogP contribution in [-0.2, 0) is 4.79 Å². The number of carbonyl (C=O) groups excluding carboxylic acids is 1. The first kappa shape index (κ1) is 16.4. The van der Waals surface area contributed by atoms with Crippen molar-refractivity contribution >= 4 is 45.9 Å². The highest BCUT2D eigenvalue weighted by molar-refractivity contribution is 8.00. The van der Waals surface area contributed by atoms with Crippen LogP contribution in [0.4, 0.5) is 5.13 Å². The molecule has 1 heterocycles. The van der Waals surface area contributed by atoms with Gasteiger partial charge in [-0.25, -0.2) is 4.98 Å². The summed E-state index contributed by atoms with van der Waals surface area (Å²) in [5.74, 6) is 0.729. The van der Waals surface area contributed by atoms with Crippen molar-refractivity contribution in [3.8, 4) is 0 Å². The van der Waals surface area contributed by atoms with Crippen LogP contribution >= 0.6 is 34.9 Å². The molecule has 2 aromatic rings. The van der Waals surface area contributed by atoms with Gasteiger partial charge in [-0.1, -0.05) is 36.5 Å². The van der Waals surface area contributed by atoms with Crippen LogP contribution in [0, 0.1) is 12.8 Å². The fourth-order valence-electron chi connectivity index (χ4n) is 1.67. The predicted octanol–water partition coefficient (Wildman–Crippen LogP) is 4.54. The van der Waals surface area contributed by atoms with Crippen LogP contribution in [0.1, 0.15) is 12.6 Å². The van der Waals surface area contributed by atoms with Crippen LogP contribution in [0.3, 0.4) is 0 Å². The van der Waals surface area contributed by atoms with Crippen molar-refractivity contribution in [2.24, 2.45) is 5.92 Å². The highest BCUT2D eigenvalue weighted by Crippen LogP contribution is 2.30. The van der Waals surface area contributed by atoms with Crippen LogP contribution in [0.5, 0.6) is 0 Å². The topological polar surface area (TPSA) is 42.0 Å². The number of carbonyl (C=O) groups is 1. The molecule has 0 spiro atoms. The second-order valence-corrected chi connectivity index (χ2v) is 7.78. The van der Waals surface area contributed by atoms with E-state index in [4.69, 9.17) is 0 Å². The first-order chi connectivity index (χ1) is 10.1. The zero-order valence-corrected chi connectivity index (χ0v) is 14.7. The predicted molar refractivity (Wildman–Crippen MR) is 93.6 cm³/mol. The van der Waals surface area contributed by atoms with Crippen LogP contribution in [0.15, 0.2) is 39.4 Å². The molecule has 1 N–H and O–H groups in total. The quantitative estimate of drug-likeness (QED) is 0.785. The standard InChI is InChI=1S/C15H18N2OS3/c1-10(9-20-12-7-5-4-6-8-12)13(18)17-15-16-11(2)14(19-3)21-15/h4-8,10H,9H2,1-3H3,(H,16,17,18). The number of nitrogens with zero attached hydrogens (tertiary/aromatic N) is 1. The molecule has 0 aliphatic carbocycles. The van der Waals surface area contributed by atoms with Crippen LogP contribution in [0.25, 0.3) is 0 Å². The Morgan fingerprint density at radius 1 is 1.38 bits per heavy atom. The largest absolute Gasteiger partial charge is 0.302 e. The summed E-state index contributed by atoms with van der Waals surface area (Å²) in [5, 5.41) is 3.61. The third-order valence-corrected chi connectivity index (χ3v) is 6.42. The van der Waals surface area contributed by atoms with Crippen LogP contribution in [0.2, 0.25) is 0 Å². The molecule has 1 atom stereocenters. The van der Waals surface area contributed by atoms with Gasteiger partial charge in [-0.2, -0.15) is 0 Å². The lowest BCUT2D eigenvalue weighted by molar-refractivity contribution is -0.118. The van der Waals surface area contributed by atoms with Crippen molar-refractivity contribution in [2.45, 2.75) is 23.0 Å². The van der Waals surface area contributed by atoms with Crippen molar-refractivity contribution in [2.75, 3.05) is 17.3 Å². The van der Waals surface area contributed by atoms with E-state index < -0.39 is 0 Å². The average Bonchev–Trinajstić information content (AvgIpc) is 2.85. The van der Waals surface area contributed by atoms with Gasteiger partial charge in [-0.3, -0.25) is 4.79 Å². The number of hydrogen-bond acceptors (Lipinski definition) is 5. The van der Waals surface area contributed by atoms with Gasteiger partial charge in [0.1, 0.15) is 0 Å². The lowest BCUT2D eigenvalue weighted by Gasteiger charge is -2.10. The summed E-state index contributed by atoms with van der Waals surface area (Å²) in [6, 6.07) is 10.1. The molecule has 6 heteroatoms. The number of benzene rings is 1. The van der Waals surface area contributed by atoms with Crippen LogP contribution < -0.4 is 5.32 Å². The van der Waals surface area contributed by atoms with Gasteiger partial charge in [-0.05, 0) is 25.3 Å². The summed E-state index contributed by atoms with van der Waals surface area (Å²) in [6.45, 7) is 3.91. The number of rotatable bonds is 6. The van der Waals surface area contributed by atoms with E-state index in [0.29, 0.717) is 5.13 Å². The summed E-state index contributed by atoms with van der Waals surface area (Å²) in [4.78, 5) is 17.7. The highest BCUT2D eigenvalue weighted by Gasteiger charge is 2.16. The molecular weight excluding hydrogens is 320 g/mol. The second kappa shape index (κ2) is 7.87. The van der Waals surface area contributed by atoms with Gasteiger partial charge in [0.15, 0.2) is 5.13 Å². The molecule has 1 aromatic heterocycles. The second-order valence-electron chi connectivity index (χ2n) is 4.61. The summed E-state index contributed by atoms with van der Waals surface area (Å²) < 4.78 is 1.15. The number of aryl methyl sites for hydroxylation is 1. The van der Waals surface area contributed by atoms with Crippen LogP contribution in [-0.4, -0.2) is 22.9 Å². The van der Waals surface area contributed by atoms with E-state index in [2.05, 4.69) is 22.4 Å². The first-order valence-corrected chi connectivity index (χ1v) is 9.63. The number of thioether (sulfide) groups is 2. The van der Waals surface area contributed by atoms with E-state index in [1.54, 1.807) is 23.5 Å². The average molecular weight is 339 g/mol. The molecule has 3 nitrogen and oxygen atoms in total. The van der Waals surface area contributed by atoms with Gasteiger partial charge in [0, 0.05) is 16.6 Å². The first-order valence-electron chi connectivity index (χ1n) is 6.60. The highest BCUT2D eigenvalue weighted by atomic mass is 32.2. The maximum Gasteiger partial charge on any atom is 0.229 e. The zero-order valence-electron chi connectivity index (χ0n) is 12.3. The SMILES string of the molecule is CSc1sc(NC(=O)C(C)CSc2ccccc2)nc1C. The number of aromatic nitrogens is 1. The van der Waals surface area contributed by atoms with E-state index in [9.17, 15) is 4.79 Å². The number of thiazole rings is 1. The molecule has 1 amide bonds. The normalized spacial score (nSPS) is 12.1. The Bertz CT molecular complexity index is 598. The van der Waals surface area contributed by atoms with Gasteiger partial charge in [-0.15, -0.1) is 23.5 Å². The third kappa shape index (κ3) is 4.76. The van der Waals surface area contributed by atoms with Gasteiger partial charge in [0.05, 0.1) is 9.90 Å². The van der Waals surface area contributed by atoms with E-state index >= 15 is 0 Å². The van der Waals surface area contributed by atoms with Gasteiger partial charge in [0.2, 0.25) is 5.91 Å². The van der Waals surface area contributed by atoms with Crippen molar-refractivity contribution < 1.29 is 4.79 Å². The fourth-order valence-corrected chi connectivity index (χ4v) is 4.23. The molecule has 0 aliphatic heterocycles. The number of amides is 1. The lowest BCUT2D eigenvalue weighted by atomic mass is 10.2. The van der Waals surface area contributed by atoms with E-state index in [1.165, 1.54) is 16.2 Å². The minimum atomic E-state index is -0.0582. The van der Waals surface area contributed by atoms with Crippen molar-refractivity contribution in [1.82, 2.24) is 4.98 Å². The maximum absolute atomic E-state index is 12.2. The molecule has 1 unspecified atom stereocenters. The number of nitrogens with one attached hydrogen (secondary N) is 1. The van der Waals surface area contributed by atoms with E-state index in [1.807, 2.05) is 38.3 Å². The van der Waals surface area contributed by atoms with Crippen molar-refractivity contribution in [3.63, 3.8) is 0 Å². The Balaban J connectivity index is 1.87. The Labute approximate surface area is 137 Å². The molecule has 0 fully saturated rings. The summed E-state index contributed by atoms with van der Waals surface area (Å²) >= 11 is 4.89. The van der Waals surface area contributed by atoms with E-state index in [-0.39, 0.29) is 11.8 Å². The fraction of sp³-hybridized carbons (Fsp3) is 0.333. The lowest BCUT2D eigenvalue weighted by Crippen LogP contribution is -2.22. The smallest absolute Gasteiger partial charge is 0.229 e. The molecule has 0 saturated carbocycles. The molecule has 112 valence electrons. The van der Waals surface area contributed by atoms with E-state index in [0.717, 1.165) is 15.7 Å². The Hall–Kier alpha value is -0.980. The molecule has 0 radical (unpaired) electrons. The monoisotopic (exact) mass is 338 g/mol. The van der Waals surface area contributed by atoms with Gasteiger partial charge in [0.25, 0.3) is 0 Å². The number of hydrogen-bond donors (Lipinski definition) is 1. The molecule has 21 heavy (non-hydrogen) atoms. The summed E-state index contributed by atoms with van der Waals surface area (Å²) in [5.41, 5.74) is 0.981. The Morgan fingerprint density at radius 2 is 2.10 bits per heavy atom. The molecule has 0 saturated heterocycles. The maximum atomic E-state index is 12.2. The minimum Gasteiger partial charge on any atom is -0.302 e. The molecule has 0 bridgehead atoms. The third-order valence-electron chi connectivity index (χ3n) is 2.86. The molecule has 0 aliphatic rings. The Kier molecular flexibility index (Phi) is 6.14. The Morgan fingerprint density at radius 3 is 2.71 bits per heavy atom. The molecular formula is C15H18N2OS3. The van der Waals surface area contributed by atoms with Gasteiger partial charge >= 0.3 is 0 Å². The minimum absolute atomic E-state index is 0.0276. The van der Waals surface area contributed by atoms with Crippen molar-refractivity contribution in [1.29, 1.82) is 0 Å². The summed E-state index contributed by atoms with van der Waals surface area (Å²) in [7, 11) is 0. The number of anilines is 1. The zero-order chi connectivity index (χ0) is 15.2. The molecule has 2 rings (SSSR count). The summed E-state index contributed by atoms with van der Waals surface area (Å²) in [6.07, 6.45) is 2.02.